The Bertz CT molecular complexity index is 86.5. The summed E-state index contributed by atoms with van der Waals surface area (Å²) in [7, 11) is 3.88. The van der Waals surface area contributed by atoms with Gasteiger partial charge in [-0.1, -0.05) is 6.08 Å². The van der Waals surface area contributed by atoms with E-state index in [-0.39, 0.29) is 0 Å². The van der Waals surface area contributed by atoms with Gasteiger partial charge in [0.25, 0.3) is 0 Å². The van der Waals surface area contributed by atoms with E-state index < -0.39 is 0 Å². The zero-order valence-electron chi connectivity index (χ0n) is 5.22. The molecule has 0 aromatic carbocycles. The Morgan fingerprint density at radius 3 is 2.62 bits per heavy atom. The highest BCUT2D eigenvalue weighted by atomic mass is 16.1. The van der Waals surface area contributed by atoms with Gasteiger partial charge in [0, 0.05) is 6.54 Å². The van der Waals surface area contributed by atoms with Crippen LogP contribution in [0.15, 0.2) is 12.2 Å². The van der Waals surface area contributed by atoms with Gasteiger partial charge in [-0.3, -0.25) is 4.79 Å². The topological polar surface area (TPSA) is 20.3 Å². The van der Waals surface area contributed by atoms with Crippen LogP contribution in [0, 0.1) is 0 Å². The third-order valence-electron chi connectivity index (χ3n) is 0.656. The molecule has 0 aliphatic rings. The van der Waals surface area contributed by atoms with E-state index in [1.54, 1.807) is 12.4 Å². The van der Waals surface area contributed by atoms with Crippen molar-refractivity contribution in [2.24, 2.45) is 0 Å². The summed E-state index contributed by atoms with van der Waals surface area (Å²) < 4.78 is 0. The number of hydrogen-bond acceptors (Lipinski definition) is 2. The average molecular weight is 112 g/mol. The molecule has 0 saturated heterocycles. The van der Waals surface area contributed by atoms with Gasteiger partial charge in [0.1, 0.15) is 0 Å². The largest absolute Gasteiger partial charge is 0.306 e. The predicted octanol–water partition coefficient (Wildman–Crippen LogP) is 0.214. The van der Waals surface area contributed by atoms with Gasteiger partial charge in [-0.25, -0.2) is 0 Å². The first kappa shape index (κ1) is 7.37. The van der Waals surface area contributed by atoms with Crippen LogP contribution in [-0.2, 0) is 4.79 Å². The van der Waals surface area contributed by atoms with Gasteiger partial charge in [-0.05, 0) is 20.2 Å². The molecule has 0 saturated carbocycles. The molecule has 0 atom stereocenters. The van der Waals surface area contributed by atoms with Crippen LogP contribution in [0.5, 0.6) is 0 Å². The highest BCUT2D eigenvalue weighted by molar-refractivity contribution is 5.65. The second-order valence-corrected chi connectivity index (χ2v) is 1.78. The smallest absolute Gasteiger partial charge is 0.225 e. The number of carbonyl (C=O) groups excluding carboxylic acids is 1. The molecule has 0 aromatic rings. The molecule has 0 aliphatic carbocycles. The highest BCUT2D eigenvalue weighted by Gasteiger charge is 1.78. The monoisotopic (exact) mass is 112 g/mol. The third-order valence-corrected chi connectivity index (χ3v) is 0.656. The molecule has 0 aromatic heterocycles. The van der Waals surface area contributed by atoms with Crippen molar-refractivity contribution in [3.8, 4) is 0 Å². The molecular weight excluding hydrogens is 102 g/mol. The molecule has 2 heteroatoms. The van der Waals surface area contributed by atoms with E-state index in [0.717, 1.165) is 6.54 Å². The number of rotatable bonds is 3. The lowest BCUT2D eigenvalue weighted by molar-refractivity contribution is 0.456. The standard InChI is InChI=1S/C6H10NO/c1-7(2)5-3-4-6-8/h3-4H,5H2,1-2H3/b4-3+. The number of likely N-dealkylation sites (N-methyl/N-ethyl adjacent to an activating group) is 1. The normalized spacial score (nSPS) is 10.9. The molecular formula is C6H10NO. The van der Waals surface area contributed by atoms with Crippen LogP contribution in [0.25, 0.3) is 0 Å². The average Bonchev–Trinajstić information content (AvgIpc) is 1.66. The lowest BCUT2D eigenvalue weighted by Gasteiger charge is -2.01. The minimum atomic E-state index is 0.801. The molecule has 0 rings (SSSR count). The van der Waals surface area contributed by atoms with Crippen LogP contribution in [0.1, 0.15) is 0 Å². The van der Waals surface area contributed by atoms with E-state index in [1.165, 1.54) is 6.08 Å². The lowest BCUT2D eigenvalue weighted by atomic mass is 10.5. The minimum Gasteiger partial charge on any atom is -0.306 e. The van der Waals surface area contributed by atoms with E-state index in [9.17, 15) is 4.79 Å². The zero-order chi connectivity index (χ0) is 6.41. The minimum absolute atomic E-state index is 0.801. The van der Waals surface area contributed by atoms with Crippen molar-refractivity contribution in [3.05, 3.63) is 12.2 Å². The Morgan fingerprint density at radius 1 is 1.62 bits per heavy atom. The number of hydrogen-bond donors (Lipinski definition) is 0. The van der Waals surface area contributed by atoms with Gasteiger partial charge >= 0.3 is 0 Å². The van der Waals surface area contributed by atoms with Gasteiger partial charge < -0.3 is 4.90 Å². The Kier molecular flexibility index (Phi) is 4.17. The molecule has 0 N–H and O–H groups in total. The van der Waals surface area contributed by atoms with Crippen LogP contribution in [0.4, 0.5) is 0 Å². The van der Waals surface area contributed by atoms with Crippen molar-refractivity contribution in [2.75, 3.05) is 20.6 Å². The summed E-state index contributed by atoms with van der Waals surface area (Å²) in [5, 5.41) is 0. The molecule has 0 spiro atoms. The molecule has 0 fully saturated rings. The first-order valence-electron chi connectivity index (χ1n) is 2.45. The first-order chi connectivity index (χ1) is 3.77. The SMILES string of the molecule is CN(C)C/C=C/[C]=O. The molecule has 45 valence electrons. The highest BCUT2D eigenvalue weighted by Crippen LogP contribution is 1.73. The summed E-state index contributed by atoms with van der Waals surface area (Å²) >= 11 is 0. The number of allylic oxidation sites excluding steroid dienone is 1. The summed E-state index contributed by atoms with van der Waals surface area (Å²) in [4.78, 5) is 11.5. The van der Waals surface area contributed by atoms with Gasteiger partial charge in [0.2, 0.25) is 6.29 Å². The van der Waals surface area contributed by atoms with Crippen molar-refractivity contribution in [2.45, 2.75) is 0 Å². The second-order valence-electron chi connectivity index (χ2n) is 1.78. The van der Waals surface area contributed by atoms with E-state index in [4.69, 9.17) is 0 Å². The van der Waals surface area contributed by atoms with Gasteiger partial charge in [-0.2, -0.15) is 0 Å². The Labute approximate surface area is 49.8 Å². The van der Waals surface area contributed by atoms with Crippen molar-refractivity contribution in [1.82, 2.24) is 4.90 Å². The fourth-order valence-corrected chi connectivity index (χ4v) is 0.312. The van der Waals surface area contributed by atoms with Crippen molar-refractivity contribution in [1.29, 1.82) is 0 Å². The maximum absolute atomic E-state index is 9.56. The fraction of sp³-hybridized carbons (Fsp3) is 0.500. The van der Waals surface area contributed by atoms with E-state index in [0.29, 0.717) is 0 Å². The van der Waals surface area contributed by atoms with E-state index >= 15 is 0 Å². The predicted molar refractivity (Wildman–Crippen MR) is 33.4 cm³/mol. The van der Waals surface area contributed by atoms with Crippen molar-refractivity contribution >= 4 is 6.29 Å². The Morgan fingerprint density at radius 2 is 2.25 bits per heavy atom. The lowest BCUT2D eigenvalue weighted by Crippen LogP contribution is -2.10. The summed E-state index contributed by atoms with van der Waals surface area (Å²) in [6.45, 7) is 0.801. The Balaban J connectivity index is 3.15. The first-order valence-corrected chi connectivity index (χ1v) is 2.45. The summed E-state index contributed by atoms with van der Waals surface area (Å²) in [5.41, 5.74) is 0. The Hall–Kier alpha value is -0.630. The molecule has 0 aliphatic heterocycles. The zero-order valence-corrected chi connectivity index (χ0v) is 5.22. The molecule has 0 amide bonds. The van der Waals surface area contributed by atoms with Gasteiger partial charge in [0.15, 0.2) is 0 Å². The third kappa shape index (κ3) is 5.37. The van der Waals surface area contributed by atoms with Crippen LogP contribution < -0.4 is 0 Å². The molecule has 0 heterocycles. The molecule has 0 bridgehead atoms. The van der Waals surface area contributed by atoms with E-state index in [1.807, 2.05) is 19.0 Å². The van der Waals surface area contributed by atoms with E-state index in [2.05, 4.69) is 0 Å². The van der Waals surface area contributed by atoms with Gasteiger partial charge in [-0.15, -0.1) is 0 Å². The summed E-state index contributed by atoms with van der Waals surface area (Å²) in [5.74, 6) is 0. The molecule has 1 radical (unpaired) electrons. The summed E-state index contributed by atoms with van der Waals surface area (Å²) in [6, 6.07) is 0. The van der Waals surface area contributed by atoms with Crippen LogP contribution in [-0.4, -0.2) is 31.8 Å². The molecule has 0 unspecified atom stereocenters. The maximum Gasteiger partial charge on any atom is 0.225 e. The van der Waals surface area contributed by atoms with Gasteiger partial charge in [0.05, 0.1) is 0 Å². The van der Waals surface area contributed by atoms with Crippen LogP contribution in [0.2, 0.25) is 0 Å². The van der Waals surface area contributed by atoms with Crippen molar-refractivity contribution in [3.63, 3.8) is 0 Å². The quantitative estimate of drug-likeness (QED) is 0.486. The second kappa shape index (κ2) is 4.53. The van der Waals surface area contributed by atoms with Crippen LogP contribution in [0.3, 0.4) is 0 Å². The van der Waals surface area contributed by atoms with Crippen LogP contribution >= 0.6 is 0 Å². The fourth-order valence-electron chi connectivity index (χ4n) is 0.312. The van der Waals surface area contributed by atoms with Crippen molar-refractivity contribution < 1.29 is 4.79 Å². The molecule has 8 heavy (non-hydrogen) atoms. The summed E-state index contributed by atoms with van der Waals surface area (Å²) in [6.07, 6.45) is 4.80. The number of nitrogens with zero attached hydrogens (tertiary/aromatic N) is 1. The molecule has 2 nitrogen and oxygen atoms in total. The maximum atomic E-state index is 9.56.